The summed E-state index contributed by atoms with van der Waals surface area (Å²) in [6.07, 6.45) is -2.07. The van der Waals surface area contributed by atoms with Crippen molar-refractivity contribution in [3.63, 3.8) is 0 Å². The molecular weight excluding hydrogens is 462 g/mol. The molecule has 0 aromatic carbocycles. The van der Waals surface area contributed by atoms with Crippen molar-refractivity contribution in [3.8, 4) is 0 Å². The van der Waals surface area contributed by atoms with Crippen molar-refractivity contribution < 1.29 is 38.0 Å². The number of H-pyrrole nitrogens is 1. The number of aryl methyl sites for hydroxylation is 1. The second-order valence-electron chi connectivity index (χ2n) is 6.60. The van der Waals surface area contributed by atoms with Crippen molar-refractivity contribution in [2.45, 2.75) is 31.5 Å². The van der Waals surface area contributed by atoms with Gasteiger partial charge in [0, 0.05) is 31.4 Å². The molecule has 0 radical (unpaired) electrons. The Morgan fingerprint density at radius 1 is 1.30 bits per heavy atom. The Kier molecular flexibility index (Phi) is 8.51. The van der Waals surface area contributed by atoms with Gasteiger partial charge in [0.05, 0.1) is 13.2 Å². The minimum Gasteiger partial charge on any atom is -0.382 e. The van der Waals surface area contributed by atoms with Gasteiger partial charge in [-0.1, -0.05) is 0 Å². The Morgan fingerprint density at radius 2 is 1.97 bits per heavy atom. The fourth-order valence-corrected chi connectivity index (χ4v) is 4.19. The lowest BCUT2D eigenvalue weighted by Gasteiger charge is -2.26. The van der Waals surface area contributed by atoms with Crippen molar-refractivity contribution in [1.82, 2.24) is 9.55 Å². The van der Waals surface area contributed by atoms with Crippen LogP contribution in [0.5, 0.6) is 0 Å². The zero-order valence-electron chi connectivity index (χ0n) is 16.4. The molecule has 1 aromatic heterocycles. The molecule has 1 saturated heterocycles. The molecule has 0 spiro atoms. The van der Waals surface area contributed by atoms with E-state index in [1.165, 1.54) is 26.9 Å². The normalized spacial score (nSPS) is 26.9. The van der Waals surface area contributed by atoms with E-state index >= 15 is 0 Å². The van der Waals surface area contributed by atoms with Gasteiger partial charge in [-0.2, -0.15) is 0 Å². The number of hydrogen-bond acceptors (Lipinski definition) is 8. The fraction of sp³-hybridized carbons (Fsp3) is 0.600. The lowest BCUT2D eigenvalue weighted by Crippen LogP contribution is -2.40. The molecule has 15 heteroatoms. The van der Waals surface area contributed by atoms with Crippen molar-refractivity contribution >= 4 is 25.9 Å². The standard InChI is InChI=1S/C15H24N2O10P2S/c1-9-8-17(15(19)16-13(9)18)14-12(25-6-5-24-2)11(27-28(3,20)30)10(26-14)4-7-29(21,22)23/h4,7-8,10-12,14H,5-6H2,1-3H3,(H,20,30)(H,16,18,19)(H2,21,22,23)/b7-4+/t10-,11-,12-,14-,28?/m1/s1. The van der Waals surface area contributed by atoms with Gasteiger partial charge in [-0.3, -0.25) is 18.9 Å². The molecule has 170 valence electrons. The van der Waals surface area contributed by atoms with Gasteiger partial charge < -0.3 is 33.4 Å². The lowest BCUT2D eigenvalue weighted by atomic mass is 10.1. The molecule has 12 nitrogen and oxygen atoms in total. The topological polar surface area (TPSA) is 170 Å². The Labute approximate surface area is 176 Å². The quantitative estimate of drug-likeness (QED) is 0.269. The molecule has 1 aliphatic heterocycles. The van der Waals surface area contributed by atoms with Gasteiger partial charge in [0.25, 0.3) is 5.56 Å². The van der Waals surface area contributed by atoms with Gasteiger partial charge >= 0.3 is 13.3 Å². The smallest absolute Gasteiger partial charge is 0.348 e. The van der Waals surface area contributed by atoms with Crippen LogP contribution in [-0.4, -0.2) is 69.5 Å². The summed E-state index contributed by atoms with van der Waals surface area (Å²) in [6, 6.07) is 0. The van der Waals surface area contributed by atoms with E-state index in [0.29, 0.717) is 5.82 Å². The molecule has 0 aliphatic carbocycles. The molecule has 0 bridgehead atoms. The first kappa shape index (κ1) is 25.3. The molecule has 5 atom stereocenters. The van der Waals surface area contributed by atoms with Crippen LogP contribution in [0.25, 0.3) is 0 Å². The third-order valence-corrected chi connectivity index (χ3v) is 5.48. The van der Waals surface area contributed by atoms with Crippen LogP contribution in [0, 0.1) is 6.92 Å². The Morgan fingerprint density at radius 3 is 2.53 bits per heavy atom. The van der Waals surface area contributed by atoms with E-state index in [9.17, 15) is 19.0 Å². The molecule has 4 N–H and O–H groups in total. The highest BCUT2D eigenvalue weighted by molar-refractivity contribution is 8.09. The summed E-state index contributed by atoms with van der Waals surface area (Å²) < 4.78 is 34.4. The van der Waals surface area contributed by atoms with Crippen LogP contribution < -0.4 is 11.2 Å². The molecule has 2 heterocycles. The third-order valence-electron chi connectivity index (χ3n) is 4.03. The summed E-state index contributed by atoms with van der Waals surface area (Å²) in [6.45, 7) is -0.236. The zero-order chi connectivity index (χ0) is 22.7. The number of nitrogens with one attached hydrogen (secondary N) is 1. The van der Waals surface area contributed by atoms with Gasteiger partial charge in [-0.15, -0.1) is 0 Å². The summed E-state index contributed by atoms with van der Waals surface area (Å²) >= 11 is 4.95. The van der Waals surface area contributed by atoms with E-state index in [0.717, 1.165) is 10.6 Å². The molecule has 0 amide bonds. The van der Waals surface area contributed by atoms with Crippen molar-refractivity contribution in [2.24, 2.45) is 0 Å². The van der Waals surface area contributed by atoms with E-state index < -0.39 is 49.9 Å². The first-order valence-electron chi connectivity index (χ1n) is 8.64. The van der Waals surface area contributed by atoms with Gasteiger partial charge in [0.15, 0.2) is 12.7 Å². The molecule has 0 saturated carbocycles. The fourth-order valence-electron chi connectivity index (χ4n) is 2.81. The first-order valence-corrected chi connectivity index (χ1v) is 13.4. The van der Waals surface area contributed by atoms with E-state index in [-0.39, 0.29) is 18.8 Å². The molecule has 2 rings (SSSR count). The highest BCUT2D eigenvalue weighted by Gasteiger charge is 2.48. The molecule has 1 aromatic rings. The largest absolute Gasteiger partial charge is 0.382 e. The van der Waals surface area contributed by atoms with Crippen LogP contribution in [0.15, 0.2) is 27.7 Å². The number of hydrogen-bond donors (Lipinski definition) is 4. The lowest BCUT2D eigenvalue weighted by molar-refractivity contribution is -0.0757. The summed E-state index contributed by atoms with van der Waals surface area (Å²) in [7, 11) is -3.07. The zero-order valence-corrected chi connectivity index (χ0v) is 19.0. The molecule has 30 heavy (non-hydrogen) atoms. The van der Waals surface area contributed by atoms with E-state index in [4.69, 9.17) is 40.3 Å². The summed E-state index contributed by atoms with van der Waals surface area (Å²) in [4.78, 5) is 54.6. The van der Waals surface area contributed by atoms with E-state index in [1.54, 1.807) is 0 Å². The summed E-state index contributed by atoms with van der Waals surface area (Å²) in [5.41, 5.74) is -1.13. The van der Waals surface area contributed by atoms with Crippen LogP contribution >= 0.6 is 14.1 Å². The third kappa shape index (κ3) is 7.03. The van der Waals surface area contributed by atoms with Crippen LogP contribution in [0.2, 0.25) is 0 Å². The number of nitrogens with zero attached hydrogens (tertiary/aromatic N) is 1. The van der Waals surface area contributed by atoms with Crippen molar-refractivity contribution in [2.75, 3.05) is 27.0 Å². The molecule has 1 fully saturated rings. The highest BCUT2D eigenvalue weighted by Crippen LogP contribution is 2.46. The maximum Gasteiger partial charge on any atom is 0.348 e. The number of aromatic amines is 1. The summed E-state index contributed by atoms with van der Waals surface area (Å²) in [5.74, 6) is 0.625. The monoisotopic (exact) mass is 486 g/mol. The number of methoxy groups -OCH3 is 1. The Hall–Kier alpha value is -0.980. The van der Waals surface area contributed by atoms with Gasteiger partial charge in [-0.25, -0.2) is 4.79 Å². The van der Waals surface area contributed by atoms with Gasteiger partial charge in [0.2, 0.25) is 0 Å². The van der Waals surface area contributed by atoms with Crippen LogP contribution in [0.4, 0.5) is 0 Å². The van der Waals surface area contributed by atoms with Crippen molar-refractivity contribution in [1.29, 1.82) is 0 Å². The molecule has 1 unspecified atom stereocenters. The number of rotatable bonds is 9. The SMILES string of the molecule is COCCO[C@@H]1[C@H](OP(C)(O)=S)[C@@H](/C=C/P(=O)(O)O)O[C@H]1n1cc(C)c(=O)[nH]c1=O. The predicted octanol–water partition coefficient (Wildman–Crippen LogP) is -0.218. The Bertz CT molecular complexity index is 980. The average molecular weight is 486 g/mol. The van der Waals surface area contributed by atoms with E-state index in [1.807, 2.05) is 0 Å². The second kappa shape index (κ2) is 10.1. The second-order valence-corrected chi connectivity index (χ2v) is 11.9. The van der Waals surface area contributed by atoms with Crippen LogP contribution in [0.3, 0.4) is 0 Å². The van der Waals surface area contributed by atoms with Crippen molar-refractivity contribution in [3.05, 3.63) is 44.5 Å². The summed E-state index contributed by atoms with van der Waals surface area (Å²) in [5, 5.41) is 0. The minimum atomic E-state index is -4.53. The number of aromatic nitrogens is 2. The van der Waals surface area contributed by atoms with Crippen LogP contribution in [-0.2, 0) is 35.1 Å². The van der Waals surface area contributed by atoms with E-state index in [2.05, 4.69) is 4.98 Å². The molecular formula is C15H24N2O10P2S. The number of ether oxygens (including phenoxy) is 3. The van der Waals surface area contributed by atoms with Gasteiger partial charge in [-0.05, 0) is 24.8 Å². The first-order chi connectivity index (χ1) is 13.8. The molecule has 1 aliphatic rings. The maximum absolute atomic E-state index is 12.4. The highest BCUT2D eigenvalue weighted by atomic mass is 32.5. The maximum atomic E-state index is 12.4. The minimum absolute atomic E-state index is 0.0604. The van der Waals surface area contributed by atoms with Gasteiger partial charge in [0.1, 0.15) is 18.3 Å². The Balaban J connectivity index is 2.52. The van der Waals surface area contributed by atoms with Crippen LogP contribution in [0.1, 0.15) is 11.8 Å². The average Bonchev–Trinajstić information content (AvgIpc) is 2.92. The predicted molar refractivity (Wildman–Crippen MR) is 110 cm³/mol.